The number of hydrogen-bond donors (Lipinski definition) is 0. The van der Waals surface area contributed by atoms with Crippen molar-refractivity contribution in [1.82, 2.24) is 0 Å². The summed E-state index contributed by atoms with van der Waals surface area (Å²) in [6, 6.07) is 20.2. The van der Waals surface area contributed by atoms with Crippen LogP contribution in [0.15, 0.2) is 81.9 Å². The number of rotatable bonds is 6. The lowest BCUT2D eigenvalue weighted by molar-refractivity contribution is -0.129. The van der Waals surface area contributed by atoms with Gasteiger partial charge in [0, 0.05) is 20.6 Å². The maximum absolute atomic E-state index is 12.4. The summed E-state index contributed by atoms with van der Waals surface area (Å²) in [6.45, 7) is 0.287. The average molecular weight is 499 g/mol. The van der Waals surface area contributed by atoms with Crippen LogP contribution < -0.4 is 9.47 Å². The average Bonchev–Trinajstić information content (AvgIpc) is 3.13. The Morgan fingerprint density at radius 1 is 1.10 bits per heavy atom. The zero-order chi connectivity index (χ0) is 21.8. The number of para-hydroxylation sites is 1. The second-order valence-electron chi connectivity index (χ2n) is 6.64. The predicted octanol–water partition coefficient (Wildman–Crippen LogP) is 6.03. The van der Waals surface area contributed by atoms with E-state index in [0.29, 0.717) is 27.6 Å². The van der Waals surface area contributed by atoms with Crippen molar-refractivity contribution in [2.24, 2.45) is 4.99 Å². The zero-order valence-corrected chi connectivity index (χ0v) is 18.8. The van der Waals surface area contributed by atoms with E-state index in [1.54, 1.807) is 25.3 Å². The molecule has 0 atom stereocenters. The highest BCUT2D eigenvalue weighted by Crippen LogP contribution is 2.34. The molecule has 0 spiro atoms. The largest absolute Gasteiger partial charge is 0.493 e. The Morgan fingerprint density at radius 3 is 2.61 bits per heavy atom. The van der Waals surface area contributed by atoms with Crippen LogP contribution in [0.3, 0.4) is 0 Å². The number of hydrogen-bond acceptors (Lipinski definition) is 5. The molecule has 0 bridgehead atoms. The van der Waals surface area contributed by atoms with Gasteiger partial charge in [0.1, 0.15) is 6.61 Å². The van der Waals surface area contributed by atoms with Gasteiger partial charge in [-0.05, 0) is 54.1 Å². The van der Waals surface area contributed by atoms with Crippen LogP contribution in [0.1, 0.15) is 16.7 Å². The van der Waals surface area contributed by atoms with Gasteiger partial charge in [-0.2, -0.15) is 0 Å². The fourth-order valence-corrected chi connectivity index (χ4v) is 3.49. The molecule has 1 heterocycles. The van der Waals surface area contributed by atoms with Crippen molar-refractivity contribution in [3.63, 3.8) is 0 Å². The first-order valence-electron chi connectivity index (χ1n) is 9.36. The number of halogens is 2. The number of benzene rings is 3. The van der Waals surface area contributed by atoms with Crippen molar-refractivity contribution >= 4 is 45.5 Å². The molecule has 3 aromatic rings. The van der Waals surface area contributed by atoms with Gasteiger partial charge in [0.25, 0.3) is 0 Å². The van der Waals surface area contributed by atoms with Gasteiger partial charge in [0.2, 0.25) is 5.90 Å². The number of aliphatic imine (C=N–C) groups is 1. The second kappa shape index (κ2) is 9.37. The van der Waals surface area contributed by atoms with E-state index < -0.39 is 5.97 Å². The molecule has 0 radical (unpaired) electrons. The highest BCUT2D eigenvalue weighted by Gasteiger charge is 2.25. The maximum Gasteiger partial charge on any atom is 0.363 e. The minimum absolute atomic E-state index is 0.179. The lowest BCUT2D eigenvalue weighted by Crippen LogP contribution is -2.05. The number of ether oxygens (including phenoxy) is 3. The third kappa shape index (κ3) is 4.98. The smallest absolute Gasteiger partial charge is 0.363 e. The van der Waals surface area contributed by atoms with Crippen molar-refractivity contribution in [1.29, 1.82) is 0 Å². The zero-order valence-electron chi connectivity index (χ0n) is 16.5. The van der Waals surface area contributed by atoms with Gasteiger partial charge in [0.05, 0.1) is 7.11 Å². The Kier molecular flexibility index (Phi) is 6.39. The van der Waals surface area contributed by atoms with E-state index in [0.717, 1.165) is 10.0 Å². The molecule has 1 aliphatic rings. The first-order valence-corrected chi connectivity index (χ1v) is 10.5. The van der Waals surface area contributed by atoms with Crippen molar-refractivity contribution in [3.05, 3.63) is 98.6 Å². The van der Waals surface area contributed by atoms with Crippen LogP contribution in [0, 0.1) is 0 Å². The Morgan fingerprint density at radius 2 is 1.87 bits per heavy atom. The summed E-state index contributed by atoms with van der Waals surface area (Å²) in [5.74, 6) is 0.770. The topological polar surface area (TPSA) is 57.1 Å². The van der Waals surface area contributed by atoms with Crippen molar-refractivity contribution in [2.75, 3.05) is 7.11 Å². The second-order valence-corrected chi connectivity index (χ2v) is 7.99. The molecule has 1 aliphatic heterocycles. The fourth-order valence-electron chi connectivity index (χ4n) is 3.02. The number of cyclic esters (lactones) is 1. The van der Waals surface area contributed by atoms with Gasteiger partial charge in [0.15, 0.2) is 17.2 Å². The highest BCUT2D eigenvalue weighted by molar-refractivity contribution is 9.10. The first-order chi connectivity index (χ1) is 15.0. The van der Waals surface area contributed by atoms with Crippen LogP contribution in [-0.4, -0.2) is 19.0 Å². The maximum atomic E-state index is 12.4. The third-order valence-electron chi connectivity index (χ3n) is 4.51. The molecular weight excluding hydrogens is 482 g/mol. The third-order valence-corrected chi connectivity index (χ3v) is 5.27. The van der Waals surface area contributed by atoms with E-state index in [-0.39, 0.29) is 18.2 Å². The number of methoxy groups -OCH3 is 1. The van der Waals surface area contributed by atoms with Crippen LogP contribution in [-0.2, 0) is 16.1 Å². The summed E-state index contributed by atoms with van der Waals surface area (Å²) >= 11 is 9.45. The van der Waals surface area contributed by atoms with E-state index in [9.17, 15) is 4.79 Å². The molecule has 0 fully saturated rings. The van der Waals surface area contributed by atoms with Gasteiger partial charge in [-0.3, -0.25) is 0 Å². The number of esters is 1. The van der Waals surface area contributed by atoms with E-state index in [4.69, 9.17) is 25.8 Å². The van der Waals surface area contributed by atoms with Crippen LogP contribution in [0.25, 0.3) is 6.08 Å². The molecule has 0 amide bonds. The summed E-state index contributed by atoms with van der Waals surface area (Å²) in [6.07, 6.45) is 1.63. The molecule has 4 rings (SSSR count). The van der Waals surface area contributed by atoms with Gasteiger partial charge in [-0.15, -0.1) is 0 Å². The van der Waals surface area contributed by atoms with Crippen molar-refractivity contribution < 1.29 is 19.0 Å². The molecule has 156 valence electrons. The predicted molar refractivity (Wildman–Crippen MR) is 124 cm³/mol. The van der Waals surface area contributed by atoms with E-state index in [2.05, 4.69) is 20.9 Å². The quantitative estimate of drug-likeness (QED) is 0.307. The highest BCUT2D eigenvalue weighted by atomic mass is 79.9. The normalized spacial score (nSPS) is 14.4. The summed E-state index contributed by atoms with van der Waals surface area (Å²) < 4.78 is 17.8. The first kappa shape index (κ1) is 21.2. The van der Waals surface area contributed by atoms with Crippen LogP contribution in [0.4, 0.5) is 0 Å². The van der Waals surface area contributed by atoms with Crippen LogP contribution in [0.5, 0.6) is 11.5 Å². The molecular formula is C24H17BrClNO4. The number of carbonyl (C=O) groups is 1. The van der Waals surface area contributed by atoms with Gasteiger partial charge < -0.3 is 14.2 Å². The molecule has 0 saturated heterocycles. The summed E-state index contributed by atoms with van der Waals surface area (Å²) in [5, 5.41) is 0.631. The lowest BCUT2D eigenvalue weighted by Gasteiger charge is -2.13. The molecule has 5 nitrogen and oxygen atoms in total. The minimum Gasteiger partial charge on any atom is -0.493 e. The molecule has 0 N–H and O–H groups in total. The minimum atomic E-state index is -0.526. The fraction of sp³-hybridized carbons (Fsp3) is 0.0833. The molecule has 0 saturated carbocycles. The van der Waals surface area contributed by atoms with Gasteiger partial charge in [-0.1, -0.05) is 51.8 Å². The number of carbonyl (C=O) groups excluding carboxylic acids is 1. The summed E-state index contributed by atoms with van der Waals surface area (Å²) in [4.78, 5) is 16.8. The molecule has 3 aromatic carbocycles. The summed E-state index contributed by atoms with van der Waals surface area (Å²) in [5.41, 5.74) is 2.45. The van der Waals surface area contributed by atoms with E-state index >= 15 is 0 Å². The Bertz CT molecular complexity index is 1190. The number of nitrogens with zero attached hydrogens (tertiary/aromatic N) is 1. The van der Waals surface area contributed by atoms with Crippen molar-refractivity contribution in [2.45, 2.75) is 6.61 Å². The summed E-state index contributed by atoms with van der Waals surface area (Å²) in [7, 11) is 1.56. The SMILES string of the molecule is COc1cccc(/C=C2\N=C(c3ccc(Br)cc3)OC2=O)c1OCc1cccc(Cl)c1. The molecule has 0 unspecified atom stereocenters. The Labute approximate surface area is 193 Å². The van der Waals surface area contributed by atoms with Gasteiger partial charge >= 0.3 is 5.97 Å². The Hall–Kier alpha value is -3.09. The van der Waals surface area contributed by atoms with Crippen LogP contribution >= 0.6 is 27.5 Å². The van der Waals surface area contributed by atoms with E-state index in [1.807, 2.05) is 54.6 Å². The molecule has 31 heavy (non-hydrogen) atoms. The van der Waals surface area contributed by atoms with Crippen molar-refractivity contribution in [3.8, 4) is 11.5 Å². The monoisotopic (exact) mass is 497 g/mol. The van der Waals surface area contributed by atoms with Crippen LogP contribution in [0.2, 0.25) is 5.02 Å². The van der Waals surface area contributed by atoms with E-state index in [1.165, 1.54) is 0 Å². The van der Waals surface area contributed by atoms with Gasteiger partial charge in [-0.25, -0.2) is 9.79 Å². The lowest BCUT2D eigenvalue weighted by atomic mass is 10.1. The molecule has 7 heteroatoms. The Balaban J connectivity index is 1.65. The standard InChI is InChI=1S/C24H17BrClNO4/c1-29-21-7-3-5-17(22(21)30-14-15-4-2-6-19(26)12-15)13-20-24(28)31-23(27-20)16-8-10-18(25)11-9-16/h2-13H,14H2,1H3/b20-13-. The molecule has 0 aliphatic carbocycles. The molecule has 0 aromatic heterocycles.